The summed E-state index contributed by atoms with van der Waals surface area (Å²) in [4.78, 5) is 18.6. The Morgan fingerprint density at radius 2 is 1.96 bits per heavy atom. The van der Waals surface area contributed by atoms with E-state index in [0.717, 1.165) is 44.0 Å². The molecule has 1 amide bonds. The van der Waals surface area contributed by atoms with Gasteiger partial charge in [-0.15, -0.1) is 0 Å². The fourth-order valence-corrected chi connectivity index (χ4v) is 3.76. The number of nitrogens with zero attached hydrogens (tertiary/aromatic N) is 2. The van der Waals surface area contributed by atoms with E-state index in [1.807, 2.05) is 24.3 Å². The minimum atomic E-state index is -0.153. The Hall–Kier alpha value is -2.80. The van der Waals surface area contributed by atoms with Gasteiger partial charge in [0, 0.05) is 19.3 Å². The van der Waals surface area contributed by atoms with Crippen LogP contribution in [-0.2, 0) is 0 Å². The maximum atomic E-state index is 12.3. The molecule has 0 spiro atoms. The van der Waals surface area contributed by atoms with Crippen molar-refractivity contribution in [2.24, 2.45) is 5.92 Å². The minimum absolute atomic E-state index is 0.0553. The van der Waals surface area contributed by atoms with Crippen LogP contribution in [0, 0.1) is 5.92 Å². The number of hydrogen-bond donors (Lipinski definition) is 2. The van der Waals surface area contributed by atoms with E-state index in [-0.39, 0.29) is 17.8 Å². The quantitative estimate of drug-likeness (QED) is 0.822. The number of hydrogen-bond acceptors (Lipinski definition) is 6. The van der Waals surface area contributed by atoms with Crippen molar-refractivity contribution < 1.29 is 14.3 Å². The van der Waals surface area contributed by atoms with Gasteiger partial charge in [0.15, 0.2) is 11.5 Å². The summed E-state index contributed by atoms with van der Waals surface area (Å²) >= 11 is 0. The highest BCUT2D eigenvalue weighted by Crippen LogP contribution is 2.31. The van der Waals surface area contributed by atoms with E-state index in [2.05, 4.69) is 15.2 Å². The molecule has 28 heavy (non-hydrogen) atoms. The average molecular weight is 382 g/mol. The van der Waals surface area contributed by atoms with Crippen LogP contribution in [0.4, 0.5) is 5.82 Å². The molecule has 0 radical (unpaired) electrons. The highest BCUT2D eigenvalue weighted by atomic mass is 16.6. The third-order valence-corrected chi connectivity index (χ3v) is 5.37. The molecule has 2 aliphatic heterocycles. The molecule has 1 aromatic carbocycles. The summed E-state index contributed by atoms with van der Waals surface area (Å²) in [6, 6.07) is 11.2. The summed E-state index contributed by atoms with van der Waals surface area (Å²) in [5.41, 5.74) is 6.21. The van der Waals surface area contributed by atoms with Gasteiger partial charge in [-0.2, -0.15) is 0 Å². The lowest BCUT2D eigenvalue weighted by atomic mass is 9.96. The normalized spacial score (nSPS) is 19.9. The molecule has 0 bridgehead atoms. The number of carbonyl (C=O) groups excluding carboxylic acids is 1. The number of fused-ring (bicyclic) bond motifs is 1. The summed E-state index contributed by atoms with van der Waals surface area (Å²) in [6.45, 7) is 4.10. The van der Waals surface area contributed by atoms with Crippen molar-refractivity contribution in [3.8, 4) is 11.5 Å². The maximum Gasteiger partial charge on any atom is 0.255 e. The predicted molar refractivity (Wildman–Crippen MR) is 106 cm³/mol. The van der Waals surface area contributed by atoms with E-state index < -0.39 is 0 Å². The van der Waals surface area contributed by atoms with E-state index in [1.165, 1.54) is 0 Å². The van der Waals surface area contributed by atoms with Gasteiger partial charge in [0.1, 0.15) is 18.5 Å². The number of nitrogens with one attached hydrogen (secondary N) is 1. The van der Waals surface area contributed by atoms with E-state index in [4.69, 9.17) is 15.2 Å². The number of anilines is 1. The molecule has 1 aromatic heterocycles. The largest absolute Gasteiger partial charge is 0.486 e. The average Bonchev–Trinajstić information content (AvgIpc) is 2.73. The number of para-hydroxylation sites is 2. The van der Waals surface area contributed by atoms with Crippen LogP contribution in [0.25, 0.3) is 0 Å². The predicted octanol–water partition coefficient (Wildman–Crippen LogP) is 1.95. The molecule has 2 aromatic rings. The second-order valence-electron chi connectivity index (χ2n) is 7.39. The molecule has 3 N–H and O–H groups in total. The number of nitrogen functional groups attached to an aromatic ring is 1. The molecule has 3 heterocycles. The SMILES string of the molecule is Nc1ncccc1C(=O)NCC1CCN(C[C@H]2COc3ccccc3O2)CC1. The Labute approximate surface area is 164 Å². The molecule has 1 saturated heterocycles. The molecular formula is C21H26N4O3. The molecule has 1 fully saturated rings. The molecule has 0 aliphatic carbocycles. The Kier molecular flexibility index (Phi) is 5.62. The zero-order valence-corrected chi connectivity index (χ0v) is 15.8. The van der Waals surface area contributed by atoms with E-state index in [1.54, 1.807) is 18.3 Å². The molecule has 0 unspecified atom stereocenters. The zero-order chi connectivity index (χ0) is 19.3. The number of benzene rings is 1. The lowest BCUT2D eigenvalue weighted by Crippen LogP contribution is -2.45. The van der Waals surface area contributed by atoms with E-state index >= 15 is 0 Å². The van der Waals surface area contributed by atoms with Gasteiger partial charge in [0.2, 0.25) is 0 Å². The van der Waals surface area contributed by atoms with Crippen LogP contribution >= 0.6 is 0 Å². The lowest BCUT2D eigenvalue weighted by Gasteiger charge is -2.35. The van der Waals surface area contributed by atoms with Crippen molar-refractivity contribution in [1.29, 1.82) is 0 Å². The first kappa shape index (κ1) is 18.6. The summed E-state index contributed by atoms with van der Waals surface area (Å²) in [5.74, 6) is 2.24. The number of ether oxygens (including phenoxy) is 2. The molecule has 0 saturated carbocycles. The Balaban J connectivity index is 1.20. The first-order valence-electron chi connectivity index (χ1n) is 9.78. The summed E-state index contributed by atoms with van der Waals surface area (Å²) in [7, 11) is 0. The first-order chi connectivity index (χ1) is 13.7. The number of piperidine rings is 1. The fraction of sp³-hybridized carbons (Fsp3) is 0.429. The maximum absolute atomic E-state index is 12.3. The Bertz CT molecular complexity index is 821. The first-order valence-corrected chi connectivity index (χ1v) is 9.78. The van der Waals surface area contributed by atoms with Crippen molar-refractivity contribution >= 4 is 11.7 Å². The van der Waals surface area contributed by atoms with Crippen LogP contribution in [0.2, 0.25) is 0 Å². The van der Waals surface area contributed by atoms with E-state index in [0.29, 0.717) is 24.6 Å². The second-order valence-corrected chi connectivity index (χ2v) is 7.39. The summed E-state index contributed by atoms with van der Waals surface area (Å²) < 4.78 is 11.9. The van der Waals surface area contributed by atoms with Gasteiger partial charge in [-0.1, -0.05) is 12.1 Å². The number of likely N-dealkylation sites (tertiary alicyclic amines) is 1. The van der Waals surface area contributed by atoms with Crippen molar-refractivity contribution in [3.05, 3.63) is 48.2 Å². The van der Waals surface area contributed by atoms with Crippen LogP contribution in [0.1, 0.15) is 23.2 Å². The number of pyridine rings is 1. The number of nitrogens with two attached hydrogens (primary N) is 1. The van der Waals surface area contributed by atoms with Crippen LogP contribution < -0.4 is 20.5 Å². The molecular weight excluding hydrogens is 356 g/mol. The summed E-state index contributed by atoms with van der Waals surface area (Å²) in [5, 5.41) is 2.99. The highest BCUT2D eigenvalue weighted by molar-refractivity contribution is 5.98. The smallest absolute Gasteiger partial charge is 0.255 e. The van der Waals surface area contributed by atoms with Gasteiger partial charge in [-0.3, -0.25) is 9.69 Å². The molecule has 7 nitrogen and oxygen atoms in total. The standard InChI is InChI=1S/C21H26N4O3/c22-20-17(4-3-9-23-20)21(26)24-12-15-7-10-25(11-8-15)13-16-14-27-18-5-1-2-6-19(18)28-16/h1-6,9,15-16H,7-8,10-14H2,(H2,22,23)(H,24,26)/t16-/m0/s1. The van der Waals surface area contributed by atoms with Crippen LogP contribution in [0.15, 0.2) is 42.6 Å². The molecule has 2 aliphatic rings. The fourth-order valence-electron chi connectivity index (χ4n) is 3.76. The van der Waals surface area contributed by atoms with Crippen LogP contribution in [0.3, 0.4) is 0 Å². The van der Waals surface area contributed by atoms with Crippen molar-refractivity contribution in [1.82, 2.24) is 15.2 Å². The highest BCUT2D eigenvalue weighted by Gasteiger charge is 2.26. The monoisotopic (exact) mass is 382 g/mol. The topological polar surface area (TPSA) is 89.7 Å². The van der Waals surface area contributed by atoms with Gasteiger partial charge in [-0.05, 0) is 56.1 Å². The van der Waals surface area contributed by atoms with Crippen LogP contribution in [0.5, 0.6) is 11.5 Å². The molecule has 7 heteroatoms. The van der Waals surface area contributed by atoms with Crippen LogP contribution in [-0.4, -0.2) is 54.7 Å². The van der Waals surface area contributed by atoms with Gasteiger partial charge in [0.25, 0.3) is 5.91 Å². The Morgan fingerprint density at radius 3 is 2.75 bits per heavy atom. The number of amides is 1. The minimum Gasteiger partial charge on any atom is -0.486 e. The third kappa shape index (κ3) is 4.36. The zero-order valence-electron chi connectivity index (χ0n) is 15.8. The molecule has 1 atom stereocenters. The van der Waals surface area contributed by atoms with Gasteiger partial charge < -0.3 is 20.5 Å². The van der Waals surface area contributed by atoms with Gasteiger partial charge in [-0.25, -0.2) is 4.98 Å². The van der Waals surface area contributed by atoms with Crippen molar-refractivity contribution in [2.45, 2.75) is 18.9 Å². The Morgan fingerprint density at radius 1 is 1.18 bits per heavy atom. The lowest BCUT2D eigenvalue weighted by molar-refractivity contribution is 0.0476. The number of rotatable bonds is 5. The van der Waals surface area contributed by atoms with Gasteiger partial charge in [0.05, 0.1) is 5.56 Å². The third-order valence-electron chi connectivity index (χ3n) is 5.37. The van der Waals surface area contributed by atoms with Gasteiger partial charge >= 0.3 is 0 Å². The molecule has 4 rings (SSSR count). The summed E-state index contributed by atoms with van der Waals surface area (Å²) in [6.07, 6.45) is 3.74. The number of aromatic nitrogens is 1. The number of carbonyl (C=O) groups is 1. The molecule has 148 valence electrons. The van der Waals surface area contributed by atoms with E-state index in [9.17, 15) is 4.79 Å². The second kappa shape index (κ2) is 8.48. The van der Waals surface area contributed by atoms with Crippen molar-refractivity contribution in [3.63, 3.8) is 0 Å². The van der Waals surface area contributed by atoms with Crippen molar-refractivity contribution in [2.75, 3.05) is 38.5 Å².